The van der Waals surface area contributed by atoms with Gasteiger partial charge in [0.15, 0.2) is 11.7 Å². The van der Waals surface area contributed by atoms with E-state index >= 15 is 0 Å². The highest BCUT2D eigenvalue weighted by atomic mass is 16.4. The molecule has 272 valence electrons. The number of aromatic nitrogens is 2. The molecule has 1 aromatic carbocycles. The number of Topliss-reactive ketones (excluding diaryl/α,β-unsaturated/α-hetero) is 1. The highest BCUT2D eigenvalue weighted by Gasteiger charge is 2.28. The molecule has 1 heterocycles. The lowest BCUT2D eigenvalue weighted by molar-refractivity contribution is -0.140. The number of H-pyrrole nitrogens is 1. The van der Waals surface area contributed by atoms with Crippen molar-refractivity contribution in [2.75, 3.05) is 13.1 Å². The number of carbonyl (C=O) groups excluding carboxylic acids is 3. The normalized spacial score (nSPS) is 13.7. The first-order chi connectivity index (χ1) is 23.2. The molecule has 5 atom stereocenters. The Morgan fingerprint density at radius 1 is 0.898 bits per heavy atom. The van der Waals surface area contributed by atoms with E-state index in [1.165, 1.54) is 19.4 Å². The van der Waals surface area contributed by atoms with Crippen molar-refractivity contribution in [1.82, 2.24) is 25.9 Å². The Morgan fingerprint density at radius 3 is 2.10 bits per heavy atom. The van der Waals surface area contributed by atoms with Crippen LogP contribution in [0.2, 0.25) is 0 Å². The number of nitrogens with zero attached hydrogens (tertiary/aromatic N) is 2. The fourth-order valence-electron chi connectivity index (χ4n) is 4.37. The highest BCUT2D eigenvalue weighted by molar-refractivity contribution is 5.94. The van der Waals surface area contributed by atoms with Crippen LogP contribution in [0.5, 0.6) is 0 Å². The number of aliphatic carboxylic acids is 2. The van der Waals surface area contributed by atoms with Crippen LogP contribution in [0.3, 0.4) is 0 Å². The molecule has 0 radical (unpaired) electrons. The summed E-state index contributed by atoms with van der Waals surface area (Å²) in [6.45, 7) is 3.41. The maximum absolute atomic E-state index is 13.1. The molecule has 2 rings (SSSR count). The summed E-state index contributed by atoms with van der Waals surface area (Å²) < 4.78 is 0. The minimum absolute atomic E-state index is 0.0908. The van der Waals surface area contributed by atoms with Crippen LogP contribution >= 0.6 is 0 Å². The number of aromatic amines is 1. The van der Waals surface area contributed by atoms with Gasteiger partial charge in [-0.05, 0) is 44.6 Å². The van der Waals surface area contributed by atoms with E-state index in [0.717, 1.165) is 12.0 Å². The molecule has 0 saturated carbocycles. The molecule has 49 heavy (non-hydrogen) atoms. The van der Waals surface area contributed by atoms with E-state index in [1.54, 1.807) is 0 Å². The number of hydrogen-bond donors (Lipinski definition) is 10. The number of carbonyl (C=O) groups is 5. The first kappa shape index (κ1) is 42.2. The summed E-state index contributed by atoms with van der Waals surface area (Å²) in [5.41, 5.74) is 23.4. The molecule has 0 fully saturated rings. The van der Waals surface area contributed by atoms with E-state index in [2.05, 4.69) is 30.9 Å². The summed E-state index contributed by atoms with van der Waals surface area (Å²) in [5.74, 6) is -3.62. The first-order valence-electron chi connectivity index (χ1n) is 16.1. The quantitative estimate of drug-likeness (QED) is 0.0410. The van der Waals surface area contributed by atoms with Gasteiger partial charge in [-0.1, -0.05) is 50.1 Å². The average Bonchev–Trinajstić information content (AvgIpc) is 3.58. The van der Waals surface area contributed by atoms with Gasteiger partial charge in [-0.25, -0.2) is 4.98 Å². The number of aryl methyl sites for hydroxylation is 1. The van der Waals surface area contributed by atoms with Crippen LogP contribution in [0, 0.1) is 0 Å². The molecule has 17 nitrogen and oxygen atoms in total. The topological polar surface area (TPSA) is 307 Å². The molecular formula is C32H52N10O7. The number of nitrogens with one attached hydrogen (secondary N) is 4. The number of carboxylic acid groups (broad SMARTS) is 2. The van der Waals surface area contributed by atoms with Crippen molar-refractivity contribution in [3.63, 3.8) is 0 Å². The number of guanidine groups is 1. The molecule has 17 heteroatoms. The fourth-order valence-corrected chi connectivity index (χ4v) is 4.37. The van der Waals surface area contributed by atoms with Gasteiger partial charge in [0, 0.05) is 24.9 Å². The van der Waals surface area contributed by atoms with E-state index in [9.17, 15) is 29.1 Å². The Kier molecular flexibility index (Phi) is 20.2. The molecule has 0 aliphatic heterocycles. The van der Waals surface area contributed by atoms with E-state index < -0.39 is 59.7 Å². The van der Waals surface area contributed by atoms with Gasteiger partial charge in [-0.15, -0.1) is 0 Å². The number of imidazole rings is 1. The third-order valence-corrected chi connectivity index (χ3v) is 7.25. The van der Waals surface area contributed by atoms with E-state index in [0.29, 0.717) is 37.8 Å². The van der Waals surface area contributed by atoms with Gasteiger partial charge in [-0.2, -0.15) is 0 Å². The lowest BCUT2D eigenvalue weighted by atomic mass is 10.0. The van der Waals surface area contributed by atoms with Gasteiger partial charge in [0.25, 0.3) is 0 Å². The molecule has 2 amide bonds. The monoisotopic (exact) mass is 688 g/mol. The molecule has 14 N–H and O–H groups in total. The van der Waals surface area contributed by atoms with Crippen molar-refractivity contribution in [3.05, 3.63) is 54.1 Å². The zero-order valence-corrected chi connectivity index (χ0v) is 28.1. The second kappa shape index (κ2) is 23.5. The first-order valence-corrected chi connectivity index (χ1v) is 16.1. The van der Waals surface area contributed by atoms with Gasteiger partial charge in [-0.3, -0.25) is 34.3 Å². The lowest BCUT2D eigenvalue weighted by Crippen LogP contribution is -2.55. The Hall–Kier alpha value is -4.87. The Labute approximate surface area is 286 Å². The average molecular weight is 689 g/mol. The zero-order valence-electron chi connectivity index (χ0n) is 28.1. The van der Waals surface area contributed by atoms with Crippen molar-refractivity contribution in [1.29, 1.82) is 0 Å². The van der Waals surface area contributed by atoms with Gasteiger partial charge >= 0.3 is 11.9 Å². The molecular weight excluding hydrogens is 636 g/mol. The van der Waals surface area contributed by atoms with Crippen LogP contribution < -0.4 is 38.9 Å². The molecule has 1 aromatic heterocycles. The van der Waals surface area contributed by atoms with Crippen molar-refractivity contribution in [3.8, 4) is 0 Å². The van der Waals surface area contributed by atoms with Crippen molar-refractivity contribution >= 4 is 35.5 Å². The van der Waals surface area contributed by atoms with Gasteiger partial charge in [0.05, 0.1) is 25.0 Å². The fraction of sp³-hybridized carbons (Fsp3) is 0.531. The van der Waals surface area contributed by atoms with E-state index in [1.807, 2.05) is 37.3 Å². The third-order valence-electron chi connectivity index (χ3n) is 7.25. The second-order valence-electron chi connectivity index (χ2n) is 11.5. The van der Waals surface area contributed by atoms with Gasteiger partial charge in [0.2, 0.25) is 11.8 Å². The van der Waals surface area contributed by atoms with E-state index in [-0.39, 0.29) is 31.9 Å². The van der Waals surface area contributed by atoms with Crippen LogP contribution in [-0.2, 0) is 36.8 Å². The smallest absolute Gasteiger partial charge is 0.320 e. The number of amides is 2. The number of unbranched alkanes of at least 4 members (excludes halogenated alkanes) is 1. The third kappa shape index (κ3) is 18.3. The van der Waals surface area contributed by atoms with Crippen LogP contribution in [0.15, 0.2) is 47.8 Å². The molecule has 2 aromatic rings. The maximum Gasteiger partial charge on any atom is 0.320 e. The Morgan fingerprint density at radius 2 is 1.55 bits per heavy atom. The summed E-state index contributed by atoms with van der Waals surface area (Å²) in [7, 11) is 0. The number of hydrogen-bond acceptors (Lipinski definition) is 10. The summed E-state index contributed by atoms with van der Waals surface area (Å²) in [4.78, 5) is 70.9. The SMILES string of the molecule is CCCC[C@H](NCC(=O)[C@H](Cc1cnc[nH]1)NC(=O)[C@H](CCCN=C(N)N)NC(=O)[C@H](C)N)C(=O)O.N[C@@H](CCc1ccccc1)C(=O)O. The second-order valence-corrected chi connectivity index (χ2v) is 11.5. The standard InChI is InChI=1S/C22H39N9O5.C10H13NO2/c1-3-4-6-16(21(35)36)28-11-18(32)17(9-14-10-26-12-29-14)31-20(34)15(30-19(33)13(2)23)7-5-8-27-22(24)25;11-9(10(12)13)7-6-8-4-2-1-3-5-8/h10,12-13,15-17,28H,3-9,11,23H2,1-2H3,(H,26,29)(H,30,33)(H,31,34)(H,35,36)(H4,24,25,27);1-5,9H,6-7,11H2,(H,12,13)/t13-,15-,16-,17-;9-/m00/s1. The van der Waals surface area contributed by atoms with Crippen LogP contribution in [-0.4, -0.2) is 99.0 Å². The molecule has 0 saturated heterocycles. The Bertz CT molecular complexity index is 1320. The van der Waals surface area contributed by atoms with Gasteiger partial charge < -0.3 is 48.8 Å². The van der Waals surface area contributed by atoms with Crippen molar-refractivity contribution < 1.29 is 34.2 Å². The van der Waals surface area contributed by atoms with E-state index in [4.69, 9.17) is 28.0 Å². The molecule has 0 spiro atoms. The van der Waals surface area contributed by atoms with Crippen molar-refractivity contribution in [2.45, 2.75) is 95.4 Å². The van der Waals surface area contributed by atoms with Crippen molar-refractivity contribution in [2.24, 2.45) is 27.9 Å². The summed E-state index contributed by atoms with van der Waals surface area (Å²) >= 11 is 0. The summed E-state index contributed by atoms with van der Waals surface area (Å²) in [5, 5.41) is 26.0. The number of rotatable bonds is 22. The minimum Gasteiger partial charge on any atom is -0.480 e. The molecule has 0 aliphatic carbocycles. The maximum atomic E-state index is 13.1. The number of benzene rings is 1. The number of aliphatic imine (C=N–C) groups is 1. The summed E-state index contributed by atoms with van der Waals surface area (Å²) in [6.07, 6.45) is 6.72. The summed E-state index contributed by atoms with van der Waals surface area (Å²) in [6, 6.07) is 5.26. The predicted molar refractivity (Wildman–Crippen MR) is 184 cm³/mol. The number of ketones is 1. The Balaban J connectivity index is 0.000000767. The number of carboxylic acids is 2. The molecule has 0 bridgehead atoms. The van der Waals surface area contributed by atoms with Crippen LogP contribution in [0.25, 0.3) is 0 Å². The van der Waals surface area contributed by atoms with Gasteiger partial charge in [0.1, 0.15) is 18.1 Å². The predicted octanol–water partition coefficient (Wildman–Crippen LogP) is -0.844. The van der Waals surface area contributed by atoms with Crippen LogP contribution in [0.1, 0.15) is 63.6 Å². The minimum atomic E-state index is -1.05. The van der Waals surface area contributed by atoms with Crippen LogP contribution in [0.4, 0.5) is 0 Å². The molecule has 0 aliphatic rings. The molecule has 0 unspecified atom stereocenters. The lowest BCUT2D eigenvalue weighted by Gasteiger charge is -2.24. The highest BCUT2D eigenvalue weighted by Crippen LogP contribution is 2.06. The number of nitrogens with two attached hydrogens (primary N) is 4. The zero-order chi connectivity index (χ0) is 36.8. The largest absolute Gasteiger partial charge is 0.480 e.